The number of fused-ring (bicyclic) bond motifs is 2. The fourth-order valence-corrected chi connectivity index (χ4v) is 4.93. The van der Waals surface area contributed by atoms with Crippen LogP contribution in [0.3, 0.4) is 0 Å². The van der Waals surface area contributed by atoms with Crippen molar-refractivity contribution in [3.63, 3.8) is 0 Å². The molecule has 29 heavy (non-hydrogen) atoms. The molecule has 5 heteroatoms. The molecule has 0 unspecified atom stereocenters. The van der Waals surface area contributed by atoms with Crippen LogP contribution in [-0.4, -0.2) is 41.6 Å². The highest BCUT2D eigenvalue weighted by molar-refractivity contribution is 5.60. The van der Waals surface area contributed by atoms with Gasteiger partial charge in [-0.05, 0) is 42.8 Å². The smallest absolute Gasteiger partial charge is 0.123 e. The first-order valence-electron chi connectivity index (χ1n) is 10.2. The van der Waals surface area contributed by atoms with E-state index in [0.29, 0.717) is 0 Å². The second-order valence-corrected chi connectivity index (χ2v) is 8.14. The van der Waals surface area contributed by atoms with Gasteiger partial charge in [0, 0.05) is 55.7 Å². The first-order chi connectivity index (χ1) is 14.3. The number of para-hydroxylation sites is 1. The molecule has 0 N–H and O–H groups in total. The third kappa shape index (κ3) is 3.36. The molecule has 1 spiro atoms. The van der Waals surface area contributed by atoms with Gasteiger partial charge in [0.05, 0.1) is 18.5 Å². The summed E-state index contributed by atoms with van der Waals surface area (Å²) in [5.74, 6) is 0.969. The Bertz CT molecular complexity index is 993. The second-order valence-electron chi connectivity index (χ2n) is 8.14. The molecular weight excluding hydrogens is 360 g/mol. The number of anilines is 1. The molecule has 3 aromatic rings. The number of hydrogen-bond acceptors (Lipinski definition) is 5. The van der Waals surface area contributed by atoms with Gasteiger partial charge in [-0.1, -0.05) is 24.3 Å². The zero-order chi connectivity index (χ0) is 19.7. The van der Waals surface area contributed by atoms with Crippen molar-refractivity contribution in [2.75, 3.05) is 31.6 Å². The zero-order valence-electron chi connectivity index (χ0n) is 16.8. The number of hydrogen-bond donors (Lipinski definition) is 0. The molecule has 1 fully saturated rings. The molecular formula is C24H26N4O. The minimum absolute atomic E-state index is 0.0980. The molecule has 2 aliphatic heterocycles. The number of aromatic nitrogens is 2. The Morgan fingerprint density at radius 3 is 2.76 bits per heavy atom. The molecule has 148 valence electrons. The Kier molecular flexibility index (Phi) is 4.68. The van der Waals surface area contributed by atoms with Crippen LogP contribution in [0.4, 0.5) is 5.69 Å². The van der Waals surface area contributed by atoms with E-state index in [9.17, 15) is 0 Å². The van der Waals surface area contributed by atoms with Crippen LogP contribution in [0.25, 0.3) is 0 Å². The van der Waals surface area contributed by atoms with Crippen LogP contribution < -0.4 is 9.64 Å². The summed E-state index contributed by atoms with van der Waals surface area (Å²) in [6, 6.07) is 16.8. The van der Waals surface area contributed by atoms with Crippen molar-refractivity contribution in [1.82, 2.24) is 14.9 Å². The Hall–Kier alpha value is -2.92. The quantitative estimate of drug-likeness (QED) is 0.670. The Labute approximate surface area is 172 Å². The van der Waals surface area contributed by atoms with Gasteiger partial charge < -0.3 is 9.64 Å². The molecule has 5 rings (SSSR count). The van der Waals surface area contributed by atoms with Crippen LogP contribution >= 0.6 is 0 Å². The van der Waals surface area contributed by atoms with E-state index in [4.69, 9.17) is 9.72 Å². The van der Waals surface area contributed by atoms with Crippen LogP contribution in [0.5, 0.6) is 5.75 Å². The number of likely N-dealkylation sites (tertiary alicyclic amines) is 1. The summed E-state index contributed by atoms with van der Waals surface area (Å²) in [7, 11) is 1.75. The van der Waals surface area contributed by atoms with E-state index >= 15 is 0 Å². The monoisotopic (exact) mass is 386 g/mol. The maximum absolute atomic E-state index is 5.56. The first-order valence-corrected chi connectivity index (χ1v) is 10.2. The molecule has 2 aromatic heterocycles. The molecule has 1 atom stereocenters. The summed E-state index contributed by atoms with van der Waals surface area (Å²) in [5, 5.41) is 0. The first kappa shape index (κ1) is 18.1. The normalized spacial score (nSPS) is 20.9. The molecule has 4 heterocycles. The predicted octanol–water partition coefficient (Wildman–Crippen LogP) is 3.65. The minimum Gasteiger partial charge on any atom is -0.496 e. The summed E-state index contributed by atoms with van der Waals surface area (Å²) in [6.07, 6.45) is 6.87. The highest BCUT2D eigenvalue weighted by Gasteiger charge is 2.48. The largest absolute Gasteiger partial charge is 0.496 e. The second kappa shape index (κ2) is 7.48. The number of nitrogens with zero attached hydrogens (tertiary/aromatic N) is 4. The van der Waals surface area contributed by atoms with Crippen LogP contribution in [-0.2, 0) is 18.5 Å². The van der Waals surface area contributed by atoms with Crippen LogP contribution in [0.1, 0.15) is 23.2 Å². The number of methoxy groups -OCH3 is 1. The summed E-state index contributed by atoms with van der Waals surface area (Å²) in [4.78, 5) is 14.2. The summed E-state index contributed by atoms with van der Waals surface area (Å²) >= 11 is 0. The molecule has 0 bridgehead atoms. The Morgan fingerprint density at radius 1 is 1.00 bits per heavy atom. The molecule has 0 radical (unpaired) electrons. The fraction of sp³-hybridized carbons (Fsp3) is 0.333. The van der Waals surface area contributed by atoms with Crippen molar-refractivity contribution in [1.29, 1.82) is 0 Å². The van der Waals surface area contributed by atoms with Gasteiger partial charge in [-0.2, -0.15) is 0 Å². The van der Waals surface area contributed by atoms with Crippen molar-refractivity contribution in [2.24, 2.45) is 0 Å². The number of rotatable bonds is 5. The van der Waals surface area contributed by atoms with E-state index in [-0.39, 0.29) is 5.41 Å². The molecule has 0 aliphatic carbocycles. The lowest BCUT2D eigenvalue weighted by Crippen LogP contribution is -2.36. The predicted molar refractivity (Wildman–Crippen MR) is 114 cm³/mol. The van der Waals surface area contributed by atoms with E-state index in [2.05, 4.69) is 45.1 Å². The highest BCUT2D eigenvalue weighted by Crippen LogP contribution is 2.46. The van der Waals surface area contributed by atoms with Crippen LogP contribution in [0.2, 0.25) is 0 Å². The third-order valence-electron chi connectivity index (χ3n) is 6.24. The van der Waals surface area contributed by atoms with Gasteiger partial charge >= 0.3 is 0 Å². The molecule has 2 aliphatic rings. The zero-order valence-corrected chi connectivity index (χ0v) is 16.8. The van der Waals surface area contributed by atoms with Crippen molar-refractivity contribution >= 4 is 5.69 Å². The van der Waals surface area contributed by atoms with E-state index < -0.39 is 0 Å². The van der Waals surface area contributed by atoms with Gasteiger partial charge in [-0.3, -0.25) is 14.9 Å². The van der Waals surface area contributed by atoms with Gasteiger partial charge in [0.15, 0.2) is 0 Å². The third-order valence-corrected chi connectivity index (χ3v) is 6.24. The maximum Gasteiger partial charge on any atom is 0.123 e. The molecule has 1 saturated heterocycles. The number of pyridine rings is 2. The molecule has 0 amide bonds. The van der Waals surface area contributed by atoms with Crippen molar-refractivity contribution in [3.8, 4) is 5.75 Å². The lowest BCUT2D eigenvalue weighted by molar-refractivity contribution is 0.298. The van der Waals surface area contributed by atoms with E-state index in [1.807, 2.05) is 36.8 Å². The Balaban J connectivity index is 1.38. The minimum atomic E-state index is 0.0980. The van der Waals surface area contributed by atoms with E-state index in [1.165, 1.54) is 22.5 Å². The van der Waals surface area contributed by atoms with Crippen LogP contribution in [0.15, 0.2) is 67.1 Å². The van der Waals surface area contributed by atoms with Gasteiger partial charge in [0.25, 0.3) is 0 Å². The van der Waals surface area contributed by atoms with Crippen molar-refractivity contribution in [3.05, 3.63) is 83.9 Å². The maximum atomic E-state index is 5.56. The lowest BCUT2D eigenvalue weighted by atomic mass is 9.85. The Morgan fingerprint density at radius 2 is 1.90 bits per heavy atom. The summed E-state index contributed by atoms with van der Waals surface area (Å²) in [6.45, 7) is 4.90. The average Bonchev–Trinajstić information content (AvgIpc) is 3.31. The van der Waals surface area contributed by atoms with Gasteiger partial charge in [-0.25, -0.2) is 0 Å². The van der Waals surface area contributed by atoms with Gasteiger partial charge in [0.2, 0.25) is 0 Å². The van der Waals surface area contributed by atoms with Gasteiger partial charge in [0.1, 0.15) is 5.75 Å². The average molecular weight is 386 g/mol. The number of ether oxygens (including phenoxy) is 1. The van der Waals surface area contributed by atoms with Crippen molar-refractivity contribution < 1.29 is 4.74 Å². The molecule has 0 saturated carbocycles. The standard InChI is InChI=1S/C24H26N4O/c1-29-22-9-3-2-7-20(22)16-27-13-10-24(17-27)18-28(15-19-6-4-11-25-14-19)21-8-5-12-26-23(21)24/h2-9,11-12,14H,10,13,15-18H2,1H3/t24-/m0/s1. The topological polar surface area (TPSA) is 41.5 Å². The SMILES string of the molecule is COc1ccccc1CN1CC[C@]2(C1)CN(Cc1cccnc1)c1cccnc12. The highest BCUT2D eigenvalue weighted by atomic mass is 16.5. The fourth-order valence-electron chi connectivity index (χ4n) is 4.93. The summed E-state index contributed by atoms with van der Waals surface area (Å²) < 4.78 is 5.56. The van der Waals surface area contributed by atoms with Crippen molar-refractivity contribution in [2.45, 2.75) is 24.9 Å². The van der Waals surface area contributed by atoms with Crippen LogP contribution in [0, 0.1) is 0 Å². The van der Waals surface area contributed by atoms with Gasteiger partial charge in [-0.15, -0.1) is 0 Å². The molecule has 5 nitrogen and oxygen atoms in total. The number of benzene rings is 1. The van der Waals surface area contributed by atoms with E-state index in [1.54, 1.807) is 7.11 Å². The molecule has 1 aromatic carbocycles. The van der Waals surface area contributed by atoms with E-state index in [0.717, 1.165) is 44.9 Å². The lowest BCUT2D eigenvalue weighted by Gasteiger charge is -2.26. The summed E-state index contributed by atoms with van der Waals surface area (Å²) in [5.41, 5.74) is 5.12.